The van der Waals surface area contributed by atoms with E-state index in [4.69, 9.17) is 4.74 Å². The molecule has 0 aliphatic carbocycles. The van der Waals surface area contributed by atoms with Crippen molar-refractivity contribution in [2.75, 3.05) is 29.7 Å². The summed E-state index contributed by atoms with van der Waals surface area (Å²) in [6, 6.07) is 8.32. The highest BCUT2D eigenvalue weighted by molar-refractivity contribution is 7.86. The van der Waals surface area contributed by atoms with Crippen molar-refractivity contribution >= 4 is 68.1 Å². The zero-order chi connectivity index (χ0) is 33.3. The molecule has 0 bridgehead atoms. The van der Waals surface area contributed by atoms with Crippen LogP contribution in [0.1, 0.15) is 57.7 Å². The largest absolute Gasteiger partial charge is 0.468 e. The zero-order valence-electron chi connectivity index (χ0n) is 26.7. The van der Waals surface area contributed by atoms with Crippen LogP contribution in [0.4, 0.5) is 5.69 Å². The van der Waals surface area contributed by atoms with E-state index in [9.17, 15) is 30.7 Å². The number of anilines is 1. The Kier molecular flexibility index (Phi) is 8.14. The quantitative estimate of drug-likeness (QED) is 0.134. The predicted molar refractivity (Wildman–Crippen MR) is 180 cm³/mol. The van der Waals surface area contributed by atoms with E-state index in [1.165, 1.54) is 5.19 Å². The van der Waals surface area contributed by atoms with E-state index >= 15 is 0 Å². The molecule has 0 atom stereocenters. The molecule has 2 N–H and O–H groups in total. The minimum Gasteiger partial charge on any atom is -0.468 e. The van der Waals surface area contributed by atoms with E-state index in [0.29, 0.717) is 42.5 Å². The molecule has 0 radical (unpaired) electrons. The van der Waals surface area contributed by atoms with Gasteiger partial charge < -0.3 is 9.64 Å². The highest BCUT2D eigenvalue weighted by atomic mass is 32.2. The van der Waals surface area contributed by atoms with E-state index in [2.05, 4.69) is 63.0 Å². The predicted octanol–water partition coefficient (Wildman–Crippen LogP) is 1.62. The van der Waals surface area contributed by atoms with Crippen LogP contribution in [0.25, 0.3) is 17.2 Å². The molecule has 0 spiro atoms. The fourth-order valence-corrected chi connectivity index (χ4v) is 11.7. The average Bonchev–Trinajstić information content (AvgIpc) is 2.87. The van der Waals surface area contributed by atoms with Crippen molar-refractivity contribution in [2.45, 2.75) is 65.2 Å². The van der Waals surface area contributed by atoms with Crippen molar-refractivity contribution < 1.29 is 35.5 Å². The number of hydrogen-bond donors (Lipinski definition) is 2. The second-order valence-corrected chi connectivity index (χ2v) is 21.0. The standard InChI is InChI=1S/C32H40N2O8S2Si/c1-21-16-31(2,3)33(9-8-10-42-20-35)27-14-29-22(12-25(21)27)11-23-13-26-24(18-43(36,37)38)17-32(4,5)34(19-44(39,40)41)28(26)15-30(23)45(29,6)7/h11-17,20H,8-10,18-19H2,1-7H3,(H-,36,37,38,39,40,41)/p+1. The van der Waals surface area contributed by atoms with Crippen LogP contribution in [0.15, 0.2) is 36.4 Å². The van der Waals surface area contributed by atoms with Crippen LogP contribution < -0.4 is 30.4 Å². The van der Waals surface area contributed by atoms with Crippen molar-refractivity contribution in [1.29, 1.82) is 0 Å². The van der Waals surface area contributed by atoms with Gasteiger partial charge in [0.05, 0.1) is 17.7 Å². The van der Waals surface area contributed by atoms with Gasteiger partial charge in [0.15, 0.2) is 5.54 Å². The minimum absolute atomic E-state index is 0.273. The van der Waals surface area contributed by atoms with Crippen LogP contribution in [0.3, 0.4) is 0 Å². The van der Waals surface area contributed by atoms with E-state index < -0.39 is 45.5 Å². The number of benzene rings is 2. The summed E-state index contributed by atoms with van der Waals surface area (Å²) in [5.41, 5.74) is 4.05. The molecule has 2 aromatic carbocycles. The van der Waals surface area contributed by atoms with Crippen LogP contribution in [0.2, 0.25) is 13.1 Å². The number of ether oxygens (including phenoxy) is 1. The smallest absolute Gasteiger partial charge is 0.326 e. The lowest BCUT2D eigenvalue weighted by atomic mass is 9.87. The van der Waals surface area contributed by atoms with Gasteiger partial charge in [-0.2, -0.15) is 16.8 Å². The summed E-state index contributed by atoms with van der Waals surface area (Å²) in [6.07, 6.45) is 6.65. The number of allylic oxidation sites excluding steroid dienone is 1. The first-order chi connectivity index (χ1) is 20.6. The van der Waals surface area contributed by atoms with Gasteiger partial charge >= 0.3 is 10.1 Å². The Labute approximate surface area is 265 Å². The minimum atomic E-state index is -4.44. The summed E-state index contributed by atoms with van der Waals surface area (Å²) in [4.78, 5) is 13.1. The van der Waals surface area contributed by atoms with Crippen molar-refractivity contribution in [1.82, 2.24) is 4.58 Å². The third-order valence-corrected chi connectivity index (χ3v) is 14.0. The Morgan fingerprint density at radius 1 is 0.956 bits per heavy atom. The lowest BCUT2D eigenvalue weighted by Crippen LogP contribution is -2.64. The van der Waals surface area contributed by atoms with E-state index in [1.54, 1.807) is 24.5 Å². The van der Waals surface area contributed by atoms with Gasteiger partial charge in [-0.1, -0.05) is 19.2 Å². The summed E-state index contributed by atoms with van der Waals surface area (Å²) in [5, 5.41) is 3.65. The molecule has 3 heterocycles. The average molecular weight is 674 g/mol. The van der Waals surface area contributed by atoms with E-state index in [0.717, 1.165) is 32.8 Å². The van der Waals surface area contributed by atoms with Gasteiger partial charge in [0, 0.05) is 37.7 Å². The van der Waals surface area contributed by atoms with Gasteiger partial charge in [-0.25, -0.2) is 4.58 Å². The van der Waals surface area contributed by atoms with Crippen molar-refractivity contribution in [2.24, 2.45) is 0 Å². The zero-order valence-corrected chi connectivity index (χ0v) is 29.3. The fraction of sp³-hybridized carbons (Fsp3) is 0.438. The van der Waals surface area contributed by atoms with Crippen LogP contribution in [-0.4, -0.2) is 76.3 Å². The second-order valence-electron chi connectivity index (χ2n) is 13.8. The molecule has 0 saturated carbocycles. The molecule has 242 valence electrons. The Bertz CT molecular complexity index is 2030. The lowest BCUT2D eigenvalue weighted by molar-refractivity contribution is -0.128. The Balaban J connectivity index is 1.78. The third kappa shape index (κ3) is 6.33. The summed E-state index contributed by atoms with van der Waals surface area (Å²) in [6.45, 7) is 15.9. The van der Waals surface area contributed by atoms with Crippen molar-refractivity contribution in [3.05, 3.63) is 63.7 Å². The molecule has 45 heavy (non-hydrogen) atoms. The summed E-state index contributed by atoms with van der Waals surface area (Å²) in [7, 11) is -11.3. The molecule has 3 aliphatic rings. The fourth-order valence-electron chi connectivity index (χ4n) is 7.23. The first-order valence-electron chi connectivity index (χ1n) is 14.8. The van der Waals surface area contributed by atoms with Gasteiger partial charge in [0.1, 0.15) is 13.8 Å². The maximum Gasteiger partial charge on any atom is 0.326 e. The molecular weight excluding hydrogens is 633 g/mol. The number of fused-ring (bicyclic) bond motifs is 4. The Morgan fingerprint density at radius 3 is 2.27 bits per heavy atom. The third-order valence-electron chi connectivity index (χ3n) is 9.18. The first kappa shape index (κ1) is 33.3. The molecule has 10 nitrogen and oxygen atoms in total. The van der Waals surface area contributed by atoms with Gasteiger partial charge in [-0.15, -0.1) is 0 Å². The number of carbonyl (C=O) groups is 1. The van der Waals surface area contributed by atoms with Crippen LogP contribution in [-0.2, 0) is 29.8 Å². The van der Waals surface area contributed by atoms with Crippen LogP contribution in [0.5, 0.6) is 0 Å². The normalized spacial score (nSPS) is 19.2. The van der Waals surface area contributed by atoms with E-state index in [-0.39, 0.29) is 5.54 Å². The van der Waals surface area contributed by atoms with Gasteiger partial charge in [-0.05, 0) is 89.8 Å². The highest BCUT2D eigenvalue weighted by Crippen LogP contribution is 2.40. The second kappa shape index (κ2) is 11.0. The number of hydrogen-bond acceptors (Lipinski definition) is 7. The van der Waals surface area contributed by atoms with Crippen molar-refractivity contribution in [3.63, 3.8) is 0 Å². The monoisotopic (exact) mass is 673 g/mol. The van der Waals surface area contributed by atoms with E-state index in [1.807, 2.05) is 12.1 Å². The molecule has 0 unspecified atom stereocenters. The summed E-state index contributed by atoms with van der Waals surface area (Å²) in [5.74, 6) is -1.30. The molecule has 2 aromatic rings. The first-order valence-corrected chi connectivity index (χ1v) is 21.0. The molecule has 13 heteroatoms. The summed E-state index contributed by atoms with van der Waals surface area (Å²) >= 11 is 0. The Hall–Kier alpha value is -3.10. The molecule has 0 amide bonds. The molecule has 3 aliphatic heterocycles. The summed E-state index contributed by atoms with van der Waals surface area (Å²) < 4.78 is 74.7. The number of rotatable bonds is 9. The molecule has 0 fully saturated rings. The highest BCUT2D eigenvalue weighted by Gasteiger charge is 2.41. The molecule has 0 aromatic heterocycles. The number of nitrogens with zero attached hydrogens (tertiary/aromatic N) is 2. The topological polar surface area (TPSA) is 141 Å². The number of carbonyl (C=O) groups excluding carboxylic acids is 1. The lowest BCUT2D eigenvalue weighted by Gasteiger charge is -2.44. The van der Waals surface area contributed by atoms with Gasteiger partial charge in [-0.3, -0.25) is 13.9 Å². The van der Waals surface area contributed by atoms with Crippen LogP contribution in [0, 0.1) is 0 Å². The van der Waals surface area contributed by atoms with Crippen molar-refractivity contribution in [3.8, 4) is 0 Å². The molecular formula is C32H41N2O8S2Si+. The SMILES string of the molecule is CC1=CC(C)(C)N(CCCOC=O)c2cc3c(cc21)C=c1cc2c(cc1[Si]3(C)C)=[N+](CS(=O)(=O)O)C(C)(C)C=C2CS(=O)(=O)O. The van der Waals surface area contributed by atoms with Gasteiger partial charge in [0.25, 0.3) is 22.5 Å². The van der Waals surface area contributed by atoms with Crippen LogP contribution >= 0.6 is 0 Å². The Morgan fingerprint density at radius 2 is 1.64 bits per heavy atom. The molecule has 0 saturated heterocycles. The van der Waals surface area contributed by atoms with Gasteiger partial charge in [0.2, 0.25) is 5.36 Å². The maximum absolute atomic E-state index is 12.2. The maximum atomic E-state index is 12.2. The molecule has 5 rings (SSSR count).